The predicted octanol–water partition coefficient (Wildman–Crippen LogP) is 1.48. The minimum atomic E-state index is 0.0283. The number of carbonyl (C=O) groups is 1. The number of hydrogen-bond donors (Lipinski definition) is 2. The molecule has 1 saturated heterocycles. The molecule has 0 spiro atoms. The summed E-state index contributed by atoms with van der Waals surface area (Å²) >= 11 is 0. The standard InChI is InChI=1S/C14H26N2O2/c1-3-4-13-14(18)16(10(2)15-13)12-7-5-11(9-17)6-8-12/h10-13,15,17H,3-9H2,1-2H3. The maximum absolute atomic E-state index is 12.4. The molecule has 0 aromatic carbocycles. The Morgan fingerprint density at radius 3 is 2.56 bits per heavy atom. The van der Waals surface area contributed by atoms with Crippen LogP contribution in [0.15, 0.2) is 0 Å². The highest BCUT2D eigenvalue weighted by molar-refractivity contribution is 5.84. The second-order valence-corrected chi connectivity index (χ2v) is 5.79. The highest BCUT2D eigenvalue weighted by Crippen LogP contribution is 2.30. The second kappa shape index (κ2) is 6.02. The number of aliphatic hydroxyl groups is 1. The van der Waals surface area contributed by atoms with Gasteiger partial charge >= 0.3 is 0 Å². The van der Waals surface area contributed by atoms with Crippen molar-refractivity contribution >= 4 is 5.91 Å². The van der Waals surface area contributed by atoms with Gasteiger partial charge in [-0.25, -0.2) is 0 Å². The van der Waals surface area contributed by atoms with E-state index in [1.165, 1.54) is 0 Å². The van der Waals surface area contributed by atoms with Crippen LogP contribution in [0.2, 0.25) is 0 Å². The van der Waals surface area contributed by atoms with Gasteiger partial charge in [-0.15, -0.1) is 0 Å². The van der Waals surface area contributed by atoms with E-state index in [0.29, 0.717) is 18.6 Å². The number of amides is 1. The van der Waals surface area contributed by atoms with Crippen molar-refractivity contribution in [2.75, 3.05) is 6.61 Å². The summed E-state index contributed by atoms with van der Waals surface area (Å²) in [5.74, 6) is 0.741. The minimum Gasteiger partial charge on any atom is -0.396 e. The van der Waals surface area contributed by atoms with Crippen LogP contribution in [0, 0.1) is 5.92 Å². The lowest BCUT2D eigenvalue weighted by Gasteiger charge is -2.36. The summed E-state index contributed by atoms with van der Waals surface area (Å²) in [6.07, 6.45) is 6.34. The fraction of sp³-hybridized carbons (Fsp3) is 0.929. The molecule has 2 fully saturated rings. The van der Waals surface area contributed by atoms with E-state index in [1.54, 1.807) is 0 Å². The van der Waals surface area contributed by atoms with Gasteiger partial charge in [0.25, 0.3) is 0 Å². The Balaban J connectivity index is 1.94. The lowest BCUT2D eigenvalue weighted by molar-refractivity contribution is -0.133. The van der Waals surface area contributed by atoms with Crippen LogP contribution < -0.4 is 5.32 Å². The summed E-state index contributed by atoms with van der Waals surface area (Å²) in [7, 11) is 0. The quantitative estimate of drug-likeness (QED) is 0.799. The molecule has 4 heteroatoms. The summed E-state index contributed by atoms with van der Waals surface area (Å²) < 4.78 is 0. The van der Waals surface area contributed by atoms with Crippen LogP contribution in [0.4, 0.5) is 0 Å². The first-order valence-electron chi connectivity index (χ1n) is 7.36. The summed E-state index contributed by atoms with van der Waals surface area (Å²) in [5, 5.41) is 12.6. The molecular formula is C14H26N2O2. The van der Waals surface area contributed by atoms with E-state index in [9.17, 15) is 4.79 Å². The summed E-state index contributed by atoms with van der Waals surface area (Å²) in [6, 6.07) is 0.408. The van der Waals surface area contributed by atoms with Gasteiger partial charge in [0.05, 0.1) is 12.2 Å². The molecule has 1 amide bonds. The zero-order chi connectivity index (χ0) is 13.1. The van der Waals surface area contributed by atoms with Crippen molar-refractivity contribution in [3.05, 3.63) is 0 Å². The van der Waals surface area contributed by atoms with Crippen molar-refractivity contribution in [1.82, 2.24) is 10.2 Å². The fourth-order valence-corrected chi connectivity index (χ4v) is 3.41. The Morgan fingerprint density at radius 2 is 2.00 bits per heavy atom. The van der Waals surface area contributed by atoms with Crippen molar-refractivity contribution in [3.8, 4) is 0 Å². The average Bonchev–Trinajstić information content (AvgIpc) is 2.65. The topological polar surface area (TPSA) is 52.6 Å². The van der Waals surface area contributed by atoms with Crippen LogP contribution in [0.3, 0.4) is 0 Å². The van der Waals surface area contributed by atoms with Crippen LogP contribution >= 0.6 is 0 Å². The summed E-state index contributed by atoms with van der Waals surface area (Å²) in [5.41, 5.74) is 0. The number of nitrogens with zero attached hydrogens (tertiary/aromatic N) is 1. The molecule has 2 N–H and O–H groups in total. The van der Waals surface area contributed by atoms with Crippen LogP contribution in [0.25, 0.3) is 0 Å². The van der Waals surface area contributed by atoms with Gasteiger partial charge in [-0.1, -0.05) is 13.3 Å². The Bertz CT molecular complexity index is 288. The largest absolute Gasteiger partial charge is 0.396 e. The van der Waals surface area contributed by atoms with Gasteiger partial charge < -0.3 is 10.0 Å². The molecule has 0 radical (unpaired) electrons. The molecule has 0 aromatic rings. The highest BCUT2D eigenvalue weighted by atomic mass is 16.3. The third kappa shape index (κ3) is 2.69. The van der Waals surface area contributed by atoms with Crippen molar-refractivity contribution in [2.45, 2.75) is 70.6 Å². The molecule has 18 heavy (non-hydrogen) atoms. The third-order valence-electron chi connectivity index (χ3n) is 4.46. The van der Waals surface area contributed by atoms with Crippen molar-refractivity contribution < 1.29 is 9.90 Å². The van der Waals surface area contributed by atoms with Crippen molar-refractivity contribution in [3.63, 3.8) is 0 Å². The van der Waals surface area contributed by atoms with Gasteiger partial charge in [0.2, 0.25) is 5.91 Å². The molecule has 0 aromatic heterocycles. The van der Waals surface area contributed by atoms with E-state index < -0.39 is 0 Å². The lowest BCUT2D eigenvalue weighted by Crippen LogP contribution is -2.45. The maximum atomic E-state index is 12.4. The van der Waals surface area contributed by atoms with Gasteiger partial charge in [0, 0.05) is 12.6 Å². The van der Waals surface area contributed by atoms with Crippen LogP contribution in [-0.4, -0.2) is 40.8 Å². The first-order chi connectivity index (χ1) is 8.67. The van der Waals surface area contributed by atoms with Gasteiger partial charge in [-0.2, -0.15) is 0 Å². The predicted molar refractivity (Wildman–Crippen MR) is 71.0 cm³/mol. The second-order valence-electron chi connectivity index (χ2n) is 5.79. The van der Waals surface area contributed by atoms with Crippen LogP contribution in [0.5, 0.6) is 0 Å². The van der Waals surface area contributed by atoms with Crippen molar-refractivity contribution in [2.24, 2.45) is 5.92 Å². The number of aliphatic hydroxyl groups excluding tert-OH is 1. The Hall–Kier alpha value is -0.610. The van der Waals surface area contributed by atoms with Crippen LogP contribution in [-0.2, 0) is 4.79 Å². The van der Waals surface area contributed by atoms with Crippen molar-refractivity contribution in [1.29, 1.82) is 0 Å². The molecule has 4 nitrogen and oxygen atoms in total. The molecule has 2 atom stereocenters. The van der Waals surface area contributed by atoms with E-state index >= 15 is 0 Å². The third-order valence-corrected chi connectivity index (χ3v) is 4.46. The zero-order valence-corrected chi connectivity index (χ0v) is 11.6. The number of nitrogens with one attached hydrogen (secondary N) is 1. The molecule has 0 bridgehead atoms. The van der Waals surface area contributed by atoms with E-state index in [4.69, 9.17) is 5.11 Å². The average molecular weight is 254 g/mol. The first kappa shape index (κ1) is 13.8. The lowest BCUT2D eigenvalue weighted by atomic mass is 9.85. The molecule has 104 valence electrons. The Morgan fingerprint density at radius 1 is 1.33 bits per heavy atom. The molecule has 1 saturated carbocycles. The minimum absolute atomic E-state index is 0.0283. The molecule has 2 unspecified atom stereocenters. The van der Waals surface area contributed by atoms with Crippen LogP contribution in [0.1, 0.15) is 52.4 Å². The van der Waals surface area contributed by atoms with E-state index in [0.717, 1.165) is 38.5 Å². The smallest absolute Gasteiger partial charge is 0.241 e. The molecular weight excluding hydrogens is 228 g/mol. The molecule has 1 aliphatic heterocycles. The molecule has 2 aliphatic rings. The van der Waals surface area contributed by atoms with Gasteiger partial charge in [-0.3, -0.25) is 10.1 Å². The van der Waals surface area contributed by atoms with Gasteiger partial charge in [-0.05, 0) is 44.9 Å². The Kier molecular flexibility index (Phi) is 4.62. The molecule has 1 heterocycles. The van der Waals surface area contributed by atoms with Gasteiger partial charge in [0.1, 0.15) is 0 Å². The normalized spacial score (nSPS) is 37.3. The van der Waals surface area contributed by atoms with E-state index in [-0.39, 0.29) is 18.1 Å². The van der Waals surface area contributed by atoms with E-state index in [1.807, 2.05) is 0 Å². The SMILES string of the molecule is CCCC1NC(C)N(C2CCC(CO)CC2)C1=O. The summed E-state index contributed by atoms with van der Waals surface area (Å²) in [6.45, 7) is 4.51. The first-order valence-corrected chi connectivity index (χ1v) is 7.36. The zero-order valence-electron chi connectivity index (χ0n) is 11.6. The Labute approximate surface area is 110 Å². The number of hydrogen-bond acceptors (Lipinski definition) is 3. The fourth-order valence-electron chi connectivity index (χ4n) is 3.41. The highest BCUT2D eigenvalue weighted by Gasteiger charge is 2.40. The molecule has 1 aliphatic carbocycles. The van der Waals surface area contributed by atoms with Gasteiger partial charge in [0.15, 0.2) is 0 Å². The maximum Gasteiger partial charge on any atom is 0.241 e. The van der Waals surface area contributed by atoms with E-state index in [2.05, 4.69) is 24.1 Å². The molecule has 2 rings (SSSR count). The number of carbonyl (C=O) groups excluding carboxylic acids is 1. The monoisotopic (exact) mass is 254 g/mol. The number of rotatable bonds is 4. The summed E-state index contributed by atoms with van der Waals surface area (Å²) in [4.78, 5) is 14.4.